The summed E-state index contributed by atoms with van der Waals surface area (Å²) >= 11 is 0. The van der Waals surface area contributed by atoms with Crippen LogP contribution >= 0.6 is 0 Å². The van der Waals surface area contributed by atoms with E-state index in [9.17, 15) is 9.18 Å². The molecule has 0 unspecified atom stereocenters. The Bertz CT molecular complexity index is 723. The van der Waals surface area contributed by atoms with Crippen LogP contribution in [0.5, 0.6) is 17.2 Å². The summed E-state index contributed by atoms with van der Waals surface area (Å²) in [6, 6.07) is 9.64. The van der Waals surface area contributed by atoms with Gasteiger partial charge in [0.1, 0.15) is 5.82 Å². The molecule has 0 aliphatic heterocycles. The molecule has 25 heavy (non-hydrogen) atoms. The van der Waals surface area contributed by atoms with Crippen molar-refractivity contribution in [2.75, 3.05) is 28.4 Å². The van der Waals surface area contributed by atoms with E-state index < -0.39 is 0 Å². The highest BCUT2D eigenvalue weighted by Crippen LogP contribution is 2.38. The van der Waals surface area contributed by atoms with Gasteiger partial charge in [-0.05, 0) is 35.4 Å². The fraction of sp³-hybridized carbons (Fsp3) is 0.316. The van der Waals surface area contributed by atoms with Crippen molar-refractivity contribution >= 4 is 5.91 Å². The molecule has 0 aromatic heterocycles. The number of amides is 1. The number of likely N-dealkylation sites (N-methyl/N-ethyl adjacent to an activating group) is 1. The van der Waals surface area contributed by atoms with Crippen molar-refractivity contribution in [3.05, 3.63) is 53.3 Å². The number of rotatable bonds is 7. The Hall–Kier alpha value is -2.76. The number of nitrogens with zero attached hydrogens (tertiary/aromatic N) is 1. The molecule has 134 valence electrons. The molecule has 0 bridgehead atoms. The molecule has 2 aromatic carbocycles. The van der Waals surface area contributed by atoms with Crippen LogP contribution in [0, 0.1) is 5.82 Å². The summed E-state index contributed by atoms with van der Waals surface area (Å²) in [6.07, 6.45) is 0.138. The number of methoxy groups -OCH3 is 3. The maximum Gasteiger partial charge on any atom is 0.227 e. The van der Waals surface area contributed by atoms with Gasteiger partial charge in [0.2, 0.25) is 11.7 Å². The summed E-state index contributed by atoms with van der Waals surface area (Å²) < 4.78 is 29.2. The number of carbonyl (C=O) groups is 1. The highest BCUT2D eigenvalue weighted by atomic mass is 19.1. The first kappa shape index (κ1) is 18.6. The lowest BCUT2D eigenvalue weighted by Gasteiger charge is -2.19. The Morgan fingerprint density at radius 3 is 2.16 bits per heavy atom. The molecule has 1 amide bonds. The van der Waals surface area contributed by atoms with E-state index in [1.807, 2.05) is 0 Å². The molecule has 0 spiro atoms. The summed E-state index contributed by atoms with van der Waals surface area (Å²) in [5, 5.41) is 0. The molecular weight excluding hydrogens is 325 g/mol. The van der Waals surface area contributed by atoms with Gasteiger partial charge in [0.15, 0.2) is 11.5 Å². The Kier molecular flexibility index (Phi) is 6.22. The molecule has 2 aromatic rings. The normalized spacial score (nSPS) is 10.3. The number of halogens is 1. The Balaban J connectivity index is 2.13. The summed E-state index contributed by atoms with van der Waals surface area (Å²) in [5.41, 5.74) is 1.48. The van der Waals surface area contributed by atoms with Gasteiger partial charge < -0.3 is 19.1 Å². The summed E-state index contributed by atoms with van der Waals surface area (Å²) in [4.78, 5) is 14.0. The maximum absolute atomic E-state index is 13.2. The third kappa shape index (κ3) is 4.62. The maximum atomic E-state index is 13.2. The second-order valence-electron chi connectivity index (χ2n) is 5.59. The van der Waals surface area contributed by atoms with E-state index in [2.05, 4.69) is 0 Å². The van der Waals surface area contributed by atoms with Crippen LogP contribution < -0.4 is 14.2 Å². The molecule has 0 N–H and O–H groups in total. The summed E-state index contributed by atoms with van der Waals surface area (Å²) in [6.45, 7) is 0.366. The fourth-order valence-electron chi connectivity index (χ4n) is 2.55. The van der Waals surface area contributed by atoms with Gasteiger partial charge in [-0.15, -0.1) is 0 Å². The van der Waals surface area contributed by atoms with Crippen molar-refractivity contribution in [1.82, 2.24) is 4.90 Å². The van der Waals surface area contributed by atoms with E-state index in [1.54, 1.807) is 50.4 Å². The van der Waals surface area contributed by atoms with Gasteiger partial charge in [0.05, 0.1) is 27.8 Å². The van der Waals surface area contributed by atoms with Crippen LogP contribution in [0.2, 0.25) is 0 Å². The number of ether oxygens (including phenoxy) is 3. The van der Waals surface area contributed by atoms with Gasteiger partial charge in [-0.25, -0.2) is 4.39 Å². The van der Waals surface area contributed by atoms with E-state index in [4.69, 9.17) is 14.2 Å². The lowest BCUT2D eigenvalue weighted by Crippen LogP contribution is -2.27. The molecule has 6 heteroatoms. The van der Waals surface area contributed by atoms with Gasteiger partial charge in [0.25, 0.3) is 0 Å². The molecule has 0 radical (unpaired) electrons. The minimum Gasteiger partial charge on any atom is -0.493 e. The predicted octanol–water partition coefficient (Wildman–Crippen LogP) is 3.05. The Labute approximate surface area is 146 Å². The molecule has 0 aliphatic carbocycles. The zero-order chi connectivity index (χ0) is 18.4. The topological polar surface area (TPSA) is 48.0 Å². The molecule has 0 fully saturated rings. The van der Waals surface area contributed by atoms with E-state index in [0.717, 1.165) is 5.56 Å². The molecular formula is C19H22FNO4. The molecule has 0 heterocycles. The number of hydrogen-bond donors (Lipinski definition) is 0. The van der Waals surface area contributed by atoms with Crippen LogP contribution in [0.4, 0.5) is 4.39 Å². The molecule has 0 saturated heterocycles. The standard InChI is InChI=1S/C19H22FNO4/c1-21(18(22)11-13-6-5-7-15(20)8-13)12-14-9-16(23-2)19(25-4)17(10-14)24-3/h5-10H,11-12H2,1-4H3. The molecule has 0 aliphatic rings. The van der Waals surface area contributed by atoms with Crippen LogP contribution in [0.1, 0.15) is 11.1 Å². The van der Waals surface area contributed by atoms with Crippen LogP contribution in [0.15, 0.2) is 36.4 Å². The lowest BCUT2D eigenvalue weighted by molar-refractivity contribution is -0.129. The van der Waals surface area contributed by atoms with Gasteiger partial charge in [-0.2, -0.15) is 0 Å². The Morgan fingerprint density at radius 1 is 1.00 bits per heavy atom. The minimum absolute atomic E-state index is 0.112. The Morgan fingerprint density at radius 2 is 1.64 bits per heavy atom. The number of hydrogen-bond acceptors (Lipinski definition) is 4. The van der Waals surface area contributed by atoms with Gasteiger partial charge in [-0.3, -0.25) is 4.79 Å². The van der Waals surface area contributed by atoms with Crippen LogP contribution in [-0.2, 0) is 17.8 Å². The van der Waals surface area contributed by atoms with Crippen molar-refractivity contribution in [3.8, 4) is 17.2 Å². The van der Waals surface area contributed by atoms with Crippen LogP contribution in [0.3, 0.4) is 0 Å². The van der Waals surface area contributed by atoms with E-state index >= 15 is 0 Å². The first-order chi connectivity index (χ1) is 12.0. The average molecular weight is 347 g/mol. The predicted molar refractivity (Wildman–Crippen MR) is 92.7 cm³/mol. The molecule has 0 atom stereocenters. The third-order valence-corrected chi connectivity index (χ3v) is 3.81. The zero-order valence-corrected chi connectivity index (χ0v) is 14.8. The fourth-order valence-corrected chi connectivity index (χ4v) is 2.55. The number of benzene rings is 2. The molecule has 0 saturated carbocycles. The quantitative estimate of drug-likeness (QED) is 0.772. The minimum atomic E-state index is -0.349. The molecule has 2 rings (SSSR count). The number of carbonyl (C=O) groups excluding carboxylic acids is 1. The SMILES string of the molecule is COc1cc(CN(C)C(=O)Cc2cccc(F)c2)cc(OC)c1OC. The van der Waals surface area contributed by atoms with Crippen LogP contribution in [-0.4, -0.2) is 39.2 Å². The van der Waals surface area contributed by atoms with E-state index in [0.29, 0.717) is 29.4 Å². The first-order valence-electron chi connectivity index (χ1n) is 7.75. The van der Waals surface area contributed by atoms with Crippen molar-refractivity contribution in [3.63, 3.8) is 0 Å². The largest absolute Gasteiger partial charge is 0.493 e. The highest BCUT2D eigenvalue weighted by molar-refractivity contribution is 5.78. The van der Waals surface area contributed by atoms with Gasteiger partial charge in [0, 0.05) is 13.6 Å². The van der Waals surface area contributed by atoms with Crippen molar-refractivity contribution in [1.29, 1.82) is 0 Å². The summed E-state index contributed by atoms with van der Waals surface area (Å²) in [7, 11) is 6.32. The lowest BCUT2D eigenvalue weighted by atomic mass is 10.1. The monoisotopic (exact) mass is 347 g/mol. The van der Waals surface area contributed by atoms with E-state index in [1.165, 1.54) is 19.2 Å². The average Bonchev–Trinajstić information content (AvgIpc) is 2.60. The second kappa shape index (κ2) is 8.37. The second-order valence-corrected chi connectivity index (χ2v) is 5.59. The highest BCUT2D eigenvalue weighted by Gasteiger charge is 2.16. The van der Waals surface area contributed by atoms with E-state index in [-0.39, 0.29) is 18.1 Å². The van der Waals surface area contributed by atoms with Gasteiger partial charge in [-0.1, -0.05) is 12.1 Å². The smallest absolute Gasteiger partial charge is 0.227 e. The zero-order valence-electron chi connectivity index (χ0n) is 14.8. The third-order valence-electron chi connectivity index (χ3n) is 3.81. The first-order valence-corrected chi connectivity index (χ1v) is 7.75. The van der Waals surface area contributed by atoms with Crippen molar-refractivity contribution in [2.45, 2.75) is 13.0 Å². The summed E-state index contributed by atoms with van der Waals surface area (Å²) in [5.74, 6) is 1.10. The van der Waals surface area contributed by atoms with Crippen molar-refractivity contribution < 1.29 is 23.4 Å². The van der Waals surface area contributed by atoms with Crippen molar-refractivity contribution in [2.24, 2.45) is 0 Å². The van der Waals surface area contributed by atoms with Gasteiger partial charge >= 0.3 is 0 Å². The molecule has 5 nitrogen and oxygen atoms in total. The van der Waals surface area contributed by atoms with Crippen LogP contribution in [0.25, 0.3) is 0 Å².